The van der Waals surface area contributed by atoms with E-state index in [-0.39, 0.29) is 0 Å². The Hall–Kier alpha value is -0.440. The van der Waals surface area contributed by atoms with E-state index in [1.54, 1.807) is 0 Å². The SMILES string of the molecule is CC(C)C1CCCO1.CC(C)COC1COC1.CC(C)CO[C@@H]1CCOC1.CC(C)CO[C@H]1CCOC1.CC(C)O[C@@H]1CCOC1.CC(C)[C@@H]1CCCO1.CC(C)[C@H]1CCCO1. The third kappa shape index (κ3) is 33.1. The van der Waals surface area contributed by atoms with Gasteiger partial charge >= 0.3 is 0 Å². The first-order chi connectivity index (χ1) is 29.6. The van der Waals surface area contributed by atoms with Crippen LogP contribution in [0.1, 0.15) is 155 Å². The molecule has 7 saturated heterocycles. The molecule has 0 radical (unpaired) electrons. The van der Waals surface area contributed by atoms with Gasteiger partial charge in [-0.25, -0.2) is 0 Å². The van der Waals surface area contributed by atoms with E-state index < -0.39 is 0 Å². The van der Waals surface area contributed by atoms with Crippen molar-refractivity contribution in [3.63, 3.8) is 0 Å². The van der Waals surface area contributed by atoms with Crippen LogP contribution in [0, 0.1) is 35.5 Å². The first-order valence-corrected chi connectivity index (χ1v) is 25.2. The van der Waals surface area contributed by atoms with Gasteiger partial charge in [0.05, 0.1) is 75.8 Å². The van der Waals surface area contributed by atoms with E-state index in [0.29, 0.717) is 66.6 Å². The maximum Gasteiger partial charge on any atom is 0.104 e. The van der Waals surface area contributed by atoms with E-state index in [1.165, 1.54) is 38.5 Å². The second-order valence-corrected chi connectivity index (χ2v) is 20.4. The molecule has 1 unspecified atom stereocenters. The maximum absolute atomic E-state index is 5.54. The van der Waals surface area contributed by atoms with Gasteiger partial charge in [-0.1, -0.05) is 83.1 Å². The van der Waals surface area contributed by atoms with Crippen molar-refractivity contribution in [1.82, 2.24) is 0 Å². The molecular formula is C51H102O11. The van der Waals surface area contributed by atoms with E-state index in [4.69, 9.17) is 52.1 Å². The molecule has 11 heteroatoms. The lowest BCUT2D eigenvalue weighted by molar-refractivity contribution is -0.134. The van der Waals surface area contributed by atoms with Gasteiger partial charge in [-0.15, -0.1) is 0 Å². The molecule has 62 heavy (non-hydrogen) atoms. The molecule has 0 bridgehead atoms. The Morgan fingerprint density at radius 2 is 0.661 bits per heavy atom. The van der Waals surface area contributed by atoms with Crippen LogP contribution in [0.15, 0.2) is 0 Å². The lowest BCUT2D eigenvalue weighted by Crippen LogP contribution is -2.36. The molecule has 7 fully saturated rings. The number of ether oxygens (including phenoxy) is 11. The fourth-order valence-electron chi connectivity index (χ4n) is 6.97. The van der Waals surface area contributed by atoms with Crippen LogP contribution < -0.4 is 0 Å². The van der Waals surface area contributed by atoms with Gasteiger partial charge in [0.1, 0.15) is 6.10 Å². The van der Waals surface area contributed by atoms with Gasteiger partial charge in [-0.05, 0) is 107 Å². The molecule has 7 rings (SSSR count). The van der Waals surface area contributed by atoms with Crippen LogP contribution in [-0.2, 0) is 52.1 Å². The second-order valence-electron chi connectivity index (χ2n) is 20.4. The molecule has 6 atom stereocenters. The molecular weight excluding hydrogens is 789 g/mol. The zero-order chi connectivity index (χ0) is 46.1. The van der Waals surface area contributed by atoms with Crippen LogP contribution in [-0.4, -0.2) is 141 Å². The molecule has 0 spiro atoms. The Balaban J connectivity index is 0.000000362. The first-order valence-electron chi connectivity index (χ1n) is 25.2. The Labute approximate surface area is 382 Å². The summed E-state index contributed by atoms with van der Waals surface area (Å²) in [5, 5.41) is 0. The van der Waals surface area contributed by atoms with E-state index in [1.807, 2.05) is 0 Å². The van der Waals surface area contributed by atoms with E-state index >= 15 is 0 Å². The highest BCUT2D eigenvalue weighted by atomic mass is 16.6. The molecule has 0 aromatic carbocycles. The topological polar surface area (TPSA) is 102 Å². The van der Waals surface area contributed by atoms with Crippen molar-refractivity contribution in [2.75, 3.05) is 92.5 Å². The molecule has 0 N–H and O–H groups in total. The minimum Gasteiger partial charge on any atom is -0.379 e. The summed E-state index contributed by atoms with van der Waals surface area (Å²) in [7, 11) is 0. The smallest absolute Gasteiger partial charge is 0.104 e. The molecule has 0 aliphatic carbocycles. The van der Waals surface area contributed by atoms with Crippen molar-refractivity contribution in [1.29, 1.82) is 0 Å². The lowest BCUT2D eigenvalue weighted by Gasteiger charge is -2.26. The van der Waals surface area contributed by atoms with Crippen molar-refractivity contribution >= 4 is 0 Å². The Morgan fingerprint density at radius 1 is 0.355 bits per heavy atom. The van der Waals surface area contributed by atoms with Crippen molar-refractivity contribution in [2.45, 2.75) is 204 Å². The van der Waals surface area contributed by atoms with E-state index in [2.05, 4.69) is 96.9 Å². The van der Waals surface area contributed by atoms with Gasteiger partial charge in [-0.2, -0.15) is 0 Å². The normalized spacial score (nSPS) is 26.9. The highest BCUT2D eigenvalue weighted by molar-refractivity contribution is 4.69. The van der Waals surface area contributed by atoms with Crippen LogP contribution >= 0.6 is 0 Å². The van der Waals surface area contributed by atoms with E-state index in [9.17, 15) is 0 Å². The Bertz CT molecular complexity index is 866. The monoisotopic (exact) mass is 891 g/mol. The second kappa shape index (κ2) is 37.6. The van der Waals surface area contributed by atoms with Gasteiger partial charge in [-0.3, -0.25) is 0 Å². The zero-order valence-corrected chi connectivity index (χ0v) is 42.8. The Morgan fingerprint density at radius 3 is 0.855 bits per heavy atom. The Kier molecular flexibility index (Phi) is 36.2. The van der Waals surface area contributed by atoms with Crippen LogP contribution in [0.4, 0.5) is 0 Å². The fourth-order valence-corrected chi connectivity index (χ4v) is 6.97. The zero-order valence-electron chi connectivity index (χ0n) is 42.8. The predicted octanol–water partition coefficient (Wildman–Crippen LogP) is 10.6. The maximum atomic E-state index is 5.54. The highest BCUT2D eigenvalue weighted by Crippen LogP contribution is 2.21. The van der Waals surface area contributed by atoms with Gasteiger partial charge in [0, 0.05) is 59.5 Å². The standard InChI is InChI=1S/2C8H16O2.2C7H14O2.3C7H14O/c2*1-7(2)5-10-8-3-4-9-6-8;1-6(2)3-9-7-4-8-5-7;1-6(2)9-7-3-4-8-5-7;3*1-6(2)7-4-3-5-8-7/h2*7-8H,3-6H2,1-2H3;2*6-7H,3-5H2,1-2H3;3*6-7H,3-5H2,1-2H3/t2*8-;;3*7-;/m10.110./s1. The largest absolute Gasteiger partial charge is 0.379 e. The number of hydrogen-bond acceptors (Lipinski definition) is 11. The summed E-state index contributed by atoms with van der Waals surface area (Å²) in [4.78, 5) is 0. The third-order valence-electron chi connectivity index (χ3n) is 10.9. The molecule has 7 aliphatic heterocycles. The van der Waals surface area contributed by atoms with Gasteiger partial charge in [0.15, 0.2) is 0 Å². The van der Waals surface area contributed by atoms with Crippen molar-refractivity contribution in [2.24, 2.45) is 35.5 Å². The summed E-state index contributed by atoms with van der Waals surface area (Å²) in [6, 6.07) is 0. The molecule has 0 saturated carbocycles. The summed E-state index contributed by atoms with van der Waals surface area (Å²) < 4.78 is 58.6. The highest BCUT2D eigenvalue weighted by Gasteiger charge is 2.21. The minimum absolute atomic E-state index is 0.344. The van der Waals surface area contributed by atoms with Crippen molar-refractivity contribution < 1.29 is 52.1 Å². The van der Waals surface area contributed by atoms with Crippen LogP contribution in [0.3, 0.4) is 0 Å². The predicted molar refractivity (Wildman–Crippen MR) is 252 cm³/mol. The molecule has 7 aliphatic rings. The van der Waals surface area contributed by atoms with Crippen LogP contribution in [0.5, 0.6) is 0 Å². The van der Waals surface area contributed by atoms with Gasteiger partial charge in [0.25, 0.3) is 0 Å². The van der Waals surface area contributed by atoms with Crippen molar-refractivity contribution in [3.05, 3.63) is 0 Å². The molecule has 11 nitrogen and oxygen atoms in total. The molecule has 0 aromatic heterocycles. The molecule has 0 amide bonds. The summed E-state index contributed by atoms with van der Waals surface area (Å²) in [5.41, 5.74) is 0. The third-order valence-corrected chi connectivity index (χ3v) is 10.9. The summed E-state index contributed by atoms with van der Waals surface area (Å²) >= 11 is 0. The number of rotatable bonds is 14. The average molecular weight is 891 g/mol. The quantitative estimate of drug-likeness (QED) is 0.167. The van der Waals surface area contributed by atoms with Gasteiger partial charge in [0.2, 0.25) is 0 Å². The molecule has 0 aromatic rings. The summed E-state index contributed by atoms with van der Waals surface area (Å²) in [6.07, 6.45) is 14.4. The average Bonchev–Trinajstić information content (AvgIpc) is 4.06. The summed E-state index contributed by atoms with van der Waals surface area (Å²) in [5.74, 6) is 4.08. The van der Waals surface area contributed by atoms with Crippen LogP contribution in [0.2, 0.25) is 0 Å². The fraction of sp³-hybridized carbons (Fsp3) is 1.00. The minimum atomic E-state index is 0.344. The van der Waals surface area contributed by atoms with Gasteiger partial charge < -0.3 is 52.1 Å². The number of hydrogen-bond donors (Lipinski definition) is 0. The molecule has 7 heterocycles. The summed E-state index contributed by atoms with van der Waals surface area (Å²) in [6.45, 7) is 42.6. The first kappa shape index (κ1) is 59.6. The van der Waals surface area contributed by atoms with Crippen molar-refractivity contribution in [3.8, 4) is 0 Å². The van der Waals surface area contributed by atoms with Crippen LogP contribution in [0.25, 0.3) is 0 Å². The molecule has 372 valence electrons. The lowest BCUT2D eigenvalue weighted by atomic mass is 10.1. The van der Waals surface area contributed by atoms with E-state index in [0.717, 1.165) is 130 Å².